The number of fused-ring (bicyclic) bond motifs is 1. The molecular formula is C29H44O2. The second-order valence-corrected chi connectivity index (χ2v) is 10.5. The van der Waals surface area contributed by atoms with Gasteiger partial charge in [0.1, 0.15) is 0 Å². The molecule has 2 nitrogen and oxygen atoms in total. The van der Waals surface area contributed by atoms with Crippen molar-refractivity contribution in [2.75, 3.05) is 0 Å². The number of carbonyl (C=O) groups excluding carboxylic acids is 2. The Kier molecular flexibility index (Phi) is 10.2. The van der Waals surface area contributed by atoms with Crippen LogP contribution in [-0.2, 0) is 0 Å². The van der Waals surface area contributed by atoms with Gasteiger partial charge in [0.2, 0.25) is 0 Å². The summed E-state index contributed by atoms with van der Waals surface area (Å²) in [6.45, 7) is 13.3. The number of ketones is 2. The standard InChI is InChI=1S/C29H44O2/c1-20(2)12-9-13-21(3)14-10-15-22(4)16-11-17-23(5)27-24(6)28(30)25-18-7-8-19-26(25)29(27)31/h7-8,18-23H,9-17H2,1-6H3. The average Bonchev–Trinajstić information content (AvgIpc) is 2.72. The van der Waals surface area contributed by atoms with Crippen molar-refractivity contribution in [2.24, 2.45) is 23.7 Å². The van der Waals surface area contributed by atoms with Crippen molar-refractivity contribution >= 4 is 11.6 Å². The molecule has 0 saturated heterocycles. The fraction of sp³-hybridized carbons (Fsp3) is 0.655. The number of Topliss-reactive ketones (excluding diaryl/α,β-unsaturated/α-hetero) is 2. The third kappa shape index (κ3) is 7.44. The first-order valence-electron chi connectivity index (χ1n) is 12.6. The Morgan fingerprint density at radius 1 is 0.645 bits per heavy atom. The number of benzene rings is 1. The monoisotopic (exact) mass is 424 g/mol. The van der Waals surface area contributed by atoms with Crippen molar-refractivity contribution in [3.05, 3.63) is 46.5 Å². The lowest BCUT2D eigenvalue weighted by atomic mass is 9.78. The number of carbonyl (C=O) groups is 2. The molecule has 0 aromatic heterocycles. The molecule has 0 radical (unpaired) electrons. The van der Waals surface area contributed by atoms with E-state index in [2.05, 4.69) is 34.6 Å². The van der Waals surface area contributed by atoms with E-state index in [4.69, 9.17) is 0 Å². The molecule has 1 aliphatic rings. The zero-order chi connectivity index (χ0) is 23.0. The van der Waals surface area contributed by atoms with Crippen LogP contribution in [0.2, 0.25) is 0 Å². The summed E-state index contributed by atoms with van der Waals surface area (Å²) < 4.78 is 0. The lowest BCUT2D eigenvalue weighted by Crippen LogP contribution is -2.24. The van der Waals surface area contributed by atoms with Crippen LogP contribution >= 0.6 is 0 Å². The highest BCUT2D eigenvalue weighted by molar-refractivity contribution is 6.26. The largest absolute Gasteiger partial charge is 0.289 e. The van der Waals surface area contributed by atoms with E-state index < -0.39 is 0 Å². The molecule has 0 saturated carbocycles. The summed E-state index contributed by atoms with van der Waals surface area (Å²) in [5.74, 6) is 2.62. The van der Waals surface area contributed by atoms with Gasteiger partial charge in [-0.05, 0) is 37.0 Å². The van der Waals surface area contributed by atoms with Crippen molar-refractivity contribution in [3.8, 4) is 0 Å². The van der Waals surface area contributed by atoms with Crippen molar-refractivity contribution in [1.29, 1.82) is 0 Å². The second-order valence-electron chi connectivity index (χ2n) is 10.5. The Hall–Kier alpha value is -1.70. The van der Waals surface area contributed by atoms with Gasteiger partial charge in [-0.25, -0.2) is 0 Å². The molecule has 31 heavy (non-hydrogen) atoms. The Balaban J connectivity index is 1.74. The highest BCUT2D eigenvalue weighted by atomic mass is 16.1. The first-order chi connectivity index (χ1) is 14.7. The summed E-state index contributed by atoms with van der Waals surface area (Å²) in [4.78, 5) is 25.7. The topological polar surface area (TPSA) is 34.1 Å². The Labute approximate surface area is 190 Å². The fourth-order valence-corrected chi connectivity index (χ4v) is 5.01. The van der Waals surface area contributed by atoms with E-state index >= 15 is 0 Å². The van der Waals surface area contributed by atoms with Gasteiger partial charge in [0.25, 0.3) is 0 Å². The maximum absolute atomic E-state index is 13.0. The van der Waals surface area contributed by atoms with Crippen LogP contribution in [0, 0.1) is 23.7 Å². The molecule has 0 fully saturated rings. The van der Waals surface area contributed by atoms with Crippen LogP contribution in [-0.4, -0.2) is 11.6 Å². The molecule has 0 heterocycles. The van der Waals surface area contributed by atoms with Crippen molar-refractivity contribution in [2.45, 2.75) is 99.3 Å². The molecule has 0 N–H and O–H groups in total. The van der Waals surface area contributed by atoms with Crippen molar-refractivity contribution in [3.63, 3.8) is 0 Å². The number of hydrogen-bond acceptors (Lipinski definition) is 2. The van der Waals surface area contributed by atoms with E-state index in [1.165, 1.54) is 44.9 Å². The molecule has 3 unspecified atom stereocenters. The molecule has 2 rings (SSSR count). The zero-order valence-corrected chi connectivity index (χ0v) is 20.8. The molecule has 0 bridgehead atoms. The van der Waals surface area contributed by atoms with Crippen LogP contribution in [0.25, 0.3) is 0 Å². The van der Waals surface area contributed by atoms with E-state index in [9.17, 15) is 9.59 Å². The van der Waals surface area contributed by atoms with E-state index in [1.54, 1.807) is 12.1 Å². The molecule has 0 amide bonds. The molecule has 172 valence electrons. The molecule has 3 atom stereocenters. The quantitative estimate of drug-likeness (QED) is 0.318. The Bertz CT molecular complexity index is 771. The minimum absolute atomic E-state index is 0.0212. The van der Waals surface area contributed by atoms with Gasteiger partial charge < -0.3 is 0 Å². The van der Waals surface area contributed by atoms with Gasteiger partial charge >= 0.3 is 0 Å². The first kappa shape index (κ1) is 25.6. The second kappa shape index (κ2) is 12.4. The summed E-state index contributed by atoms with van der Waals surface area (Å²) in [6.07, 6.45) is 11.4. The normalized spacial score (nSPS) is 17.1. The van der Waals surface area contributed by atoms with Gasteiger partial charge in [0.05, 0.1) is 0 Å². The van der Waals surface area contributed by atoms with Gasteiger partial charge in [-0.3, -0.25) is 9.59 Å². The van der Waals surface area contributed by atoms with E-state index in [1.807, 2.05) is 19.1 Å². The predicted octanol–water partition coefficient (Wildman–Crippen LogP) is 8.46. The number of allylic oxidation sites excluding steroid dienone is 2. The van der Waals surface area contributed by atoms with Crippen LogP contribution in [0.4, 0.5) is 0 Å². The Morgan fingerprint density at radius 3 is 1.61 bits per heavy atom. The molecule has 1 aromatic rings. The average molecular weight is 425 g/mol. The lowest BCUT2D eigenvalue weighted by Gasteiger charge is -2.24. The van der Waals surface area contributed by atoms with Crippen molar-refractivity contribution < 1.29 is 9.59 Å². The Morgan fingerprint density at radius 2 is 1.10 bits per heavy atom. The minimum atomic E-state index is 0.0212. The number of hydrogen-bond donors (Lipinski definition) is 0. The van der Waals surface area contributed by atoms with Gasteiger partial charge in [-0.2, -0.15) is 0 Å². The first-order valence-corrected chi connectivity index (χ1v) is 12.6. The third-order valence-corrected chi connectivity index (χ3v) is 7.10. The maximum atomic E-state index is 13.0. The van der Waals surface area contributed by atoms with E-state index in [-0.39, 0.29) is 17.5 Å². The van der Waals surface area contributed by atoms with Crippen LogP contribution in [0.5, 0.6) is 0 Å². The summed E-state index contributed by atoms with van der Waals surface area (Å²) >= 11 is 0. The van der Waals surface area contributed by atoms with E-state index in [0.29, 0.717) is 16.7 Å². The highest BCUT2D eigenvalue weighted by Crippen LogP contribution is 2.33. The third-order valence-electron chi connectivity index (χ3n) is 7.10. The van der Waals surface area contributed by atoms with Crippen LogP contribution in [0.15, 0.2) is 35.4 Å². The fourth-order valence-electron chi connectivity index (χ4n) is 5.01. The minimum Gasteiger partial charge on any atom is -0.289 e. The molecule has 0 aliphatic heterocycles. The SMILES string of the molecule is CC1=C(C(C)CCCC(C)CCCC(C)CCCC(C)C)C(=O)c2ccccc2C1=O. The summed E-state index contributed by atoms with van der Waals surface area (Å²) in [6, 6.07) is 7.24. The molecular weight excluding hydrogens is 380 g/mol. The number of rotatable bonds is 13. The summed E-state index contributed by atoms with van der Waals surface area (Å²) in [5, 5.41) is 0. The van der Waals surface area contributed by atoms with Crippen molar-refractivity contribution in [1.82, 2.24) is 0 Å². The predicted molar refractivity (Wildman–Crippen MR) is 132 cm³/mol. The zero-order valence-electron chi connectivity index (χ0n) is 20.8. The van der Waals surface area contributed by atoms with E-state index in [0.717, 1.165) is 36.2 Å². The molecule has 1 aromatic carbocycles. The lowest BCUT2D eigenvalue weighted by molar-refractivity contribution is 0.0965. The summed E-state index contributed by atoms with van der Waals surface area (Å²) in [7, 11) is 0. The van der Waals surface area contributed by atoms with Gasteiger partial charge in [-0.15, -0.1) is 0 Å². The van der Waals surface area contributed by atoms with Gasteiger partial charge in [-0.1, -0.05) is 110 Å². The smallest absolute Gasteiger partial charge is 0.190 e. The van der Waals surface area contributed by atoms with Crippen LogP contribution in [0.3, 0.4) is 0 Å². The molecule has 0 spiro atoms. The molecule has 1 aliphatic carbocycles. The van der Waals surface area contributed by atoms with Crippen LogP contribution < -0.4 is 0 Å². The highest BCUT2D eigenvalue weighted by Gasteiger charge is 2.31. The van der Waals surface area contributed by atoms with Crippen LogP contribution in [0.1, 0.15) is 120 Å². The maximum Gasteiger partial charge on any atom is 0.190 e. The van der Waals surface area contributed by atoms with Gasteiger partial charge in [0, 0.05) is 22.3 Å². The van der Waals surface area contributed by atoms with Gasteiger partial charge in [0.15, 0.2) is 11.6 Å². The summed E-state index contributed by atoms with van der Waals surface area (Å²) in [5.41, 5.74) is 2.53. The molecule has 2 heteroatoms.